The molecule has 2 amide bonds. The largest absolute Gasteiger partial charge is 0.360 e. The number of amides is 2. The number of nitrogens with one attached hydrogen (secondary N) is 1. The van der Waals surface area contributed by atoms with E-state index in [9.17, 15) is 9.59 Å². The van der Waals surface area contributed by atoms with E-state index in [4.69, 9.17) is 9.05 Å². The van der Waals surface area contributed by atoms with Crippen LogP contribution in [0.15, 0.2) is 44.3 Å². The van der Waals surface area contributed by atoms with Crippen LogP contribution in [-0.2, 0) is 10.5 Å². The van der Waals surface area contributed by atoms with Crippen LogP contribution in [0.2, 0.25) is 0 Å². The van der Waals surface area contributed by atoms with Crippen LogP contribution in [0.3, 0.4) is 0 Å². The van der Waals surface area contributed by atoms with Gasteiger partial charge in [0.05, 0.1) is 11.3 Å². The van der Waals surface area contributed by atoms with Crippen LogP contribution >= 0.6 is 11.8 Å². The first-order valence-electron chi connectivity index (χ1n) is 10.0. The summed E-state index contributed by atoms with van der Waals surface area (Å²) >= 11 is 1.50. The van der Waals surface area contributed by atoms with Crippen LogP contribution in [0.25, 0.3) is 0 Å². The molecular formula is C21H23N5O4S. The lowest BCUT2D eigenvalue weighted by Gasteiger charge is -2.31. The Labute approximate surface area is 183 Å². The van der Waals surface area contributed by atoms with Gasteiger partial charge in [-0.05, 0) is 31.9 Å². The van der Waals surface area contributed by atoms with E-state index in [0.717, 1.165) is 4.90 Å². The third kappa shape index (κ3) is 5.13. The maximum atomic E-state index is 13.1. The van der Waals surface area contributed by atoms with E-state index in [2.05, 4.69) is 20.6 Å². The van der Waals surface area contributed by atoms with E-state index in [0.29, 0.717) is 60.5 Å². The van der Waals surface area contributed by atoms with Gasteiger partial charge in [-0.2, -0.15) is 4.98 Å². The van der Waals surface area contributed by atoms with Gasteiger partial charge in [0.1, 0.15) is 5.76 Å². The van der Waals surface area contributed by atoms with Crippen molar-refractivity contribution in [1.29, 1.82) is 0 Å². The number of likely N-dealkylation sites (tertiary alicyclic amines) is 1. The van der Waals surface area contributed by atoms with Crippen LogP contribution < -0.4 is 5.32 Å². The van der Waals surface area contributed by atoms with Crippen LogP contribution in [0.5, 0.6) is 0 Å². The second-order valence-corrected chi connectivity index (χ2v) is 8.41. The monoisotopic (exact) mass is 441 g/mol. The van der Waals surface area contributed by atoms with Gasteiger partial charge < -0.3 is 19.3 Å². The number of aromatic nitrogens is 3. The molecule has 0 radical (unpaired) electrons. The van der Waals surface area contributed by atoms with Crippen LogP contribution in [0.1, 0.15) is 40.7 Å². The van der Waals surface area contributed by atoms with Gasteiger partial charge in [0.2, 0.25) is 11.8 Å². The zero-order valence-electron chi connectivity index (χ0n) is 17.3. The summed E-state index contributed by atoms with van der Waals surface area (Å²) in [5.41, 5.74) is 0.647. The van der Waals surface area contributed by atoms with E-state index in [1.165, 1.54) is 11.8 Å². The van der Waals surface area contributed by atoms with E-state index in [1.807, 2.05) is 29.2 Å². The van der Waals surface area contributed by atoms with Gasteiger partial charge in [0, 0.05) is 36.9 Å². The molecule has 4 rings (SSSR count). The molecule has 0 bridgehead atoms. The Kier molecular flexibility index (Phi) is 6.36. The number of hydrogen-bond donors (Lipinski definition) is 1. The molecule has 0 aliphatic carbocycles. The fraction of sp³-hybridized carbons (Fsp3) is 0.381. The van der Waals surface area contributed by atoms with Crippen molar-refractivity contribution >= 4 is 29.4 Å². The molecule has 0 spiro atoms. The number of aryl methyl sites for hydroxylation is 2. The highest BCUT2D eigenvalue weighted by atomic mass is 32.2. The minimum absolute atomic E-state index is 0.0293. The summed E-state index contributed by atoms with van der Waals surface area (Å²) < 4.78 is 9.98. The van der Waals surface area contributed by atoms with Crippen molar-refractivity contribution in [3.8, 4) is 0 Å². The average molecular weight is 442 g/mol. The molecule has 1 aliphatic heterocycles. The Morgan fingerprint density at radius 2 is 1.94 bits per heavy atom. The lowest BCUT2D eigenvalue weighted by atomic mass is 9.95. The van der Waals surface area contributed by atoms with Crippen molar-refractivity contribution < 1.29 is 18.6 Å². The topological polar surface area (TPSA) is 114 Å². The fourth-order valence-corrected chi connectivity index (χ4v) is 4.37. The number of carbonyl (C=O) groups excluding carboxylic acids is 2. The number of piperidine rings is 1. The highest BCUT2D eigenvalue weighted by molar-refractivity contribution is 7.98. The van der Waals surface area contributed by atoms with Crippen LogP contribution in [0, 0.1) is 19.8 Å². The second kappa shape index (κ2) is 9.34. The molecule has 1 aliphatic rings. The first kappa shape index (κ1) is 21.1. The van der Waals surface area contributed by atoms with Gasteiger partial charge in [0.15, 0.2) is 11.6 Å². The Hall–Kier alpha value is -3.14. The van der Waals surface area contributed by atoms with Crippen molar-refractivity contribution in [3.63, 3.8) is 0 Å². The molecule has 0 saturated carbocycles. The zero-order chi connectivity index (χ0) is 21.8. The molecule has 31 heavy (non-hydrogen) atoms. The number of carbonyl (C=O) groups is 2. The molecule has 1 fully saturated rings. The summed E-state index contributed by atoms with van der Waals surface area (Å²) in [6.07, 6.45) is 1.21. The minimum Gasteiger partial charge on any atom is -0.360 e. The molecule has 162 valence electrons. The summed E-state index contributed by atoms with van der Waals surface area (Å²) in [6, 6.07) is 9.20. The van der Waals surface area contributed by atoms with Gasteiger partial charge >= 0.3 is 0 Å². The molecule has 1 saturated heterocycles. The molecule has 9 nitrogen and oxygen atoms in total. The predicted octanol–water partition coefficient (Wildman–Crippen LogP) is 3.46. The third-order valence-corrected chi connectivity index (χ3v) is 6.15. The van der Waals surface area contributed by atoms with E-state index >= 15 is 0 Å². The summed E-state index contributed by atoms with van der Waals surface area (Å²) in [5.74, 6) is 2.41. The number of thioether (sulfide) groups is 1. The maximum absolute atomic E-state index is 13.1. The average Bonchev–Trinajstić information content (AvgIpc) is 3.39. The summed E-state index contributed by atoms with van der Waals surface area (Å²) in [6.45, 7) is 4.57. The standard InChI is InChI=1S/C21H23N5O4S/c1-13-11-18(24-29-13)23-20(27)15-7-9-26(10-8-15)21(28)16-5-3-4-6-17(16)31-12-19-22-14(2)30-25-19/h3-6,11,15H,7-10,12H2,1-2H3,(H,23,24,27). The first-order chi connectivity index (χ1) is 15.0. The normalized spacial score (nSPS) is 14.6. The molecule has 0 unspecified atom stereocenters. The SMILES string of the molecule is Cc1cc(NC(=O)C2CCN(C(=O)c3ccccc3SCc3noc(C)n3)CC2)no1. The highest BCUT2D eigenvalue weighted by Crippen LogP contribution is 2.28. The van der Waals surface area contributed by atoms with Crippen molar-refractivity contribution in [3.05, 3.63) is 53.4 Å². The molecular weight excluding hydrogens is 418 g/mol. The second-order valence-electron chi connectivity index (χ2n) is 7.39. The van der Waals surface area contributed by atoms with Crippen molar-refractivity contribution in [1.82, 2.24) is 20.2 Å². The Morgan fingerprint density at radius 3 is 2.61 bits per heavy atom. The van der Waals surface area contributed by atoms with E-state index in [1.54, 1.807) is 19.9 Å². The van der Waals surface area contributed by atoms with Crippen molar-refractivity contribution in [2.75, 3.05) is 18.4 Å². The van der Waals surface area contributed by atoms with Crippen molar-refractivity contribution in [2.45, 2.75) is 37.3 Å². The summed E-state index contributed by atoms with van der Waals surface area (Å²) in [4.78, 5) is 32.5. The number of rotatable bonds is 6. The Balaban J connectivity index is 1.34. The Morgan fingerprint density at radius 1 is 1.16 bits per heavy atom. The molecule has 3 aromatic rings. The molecule has 10 heteroatoms. The predicted molar refractivity (Wildman–Crippen MR) is 114 cm³/mol. The number of anilines is 1. The van der Waals surface area contributed by atoms with Gasteiger partial charge in [-0.15, -0.1) is 11.8 Å². The van der Waals surface area contributed by atoms with E-state index < -0.39 is 0 Å². The number of nitrogens with zero attached hydrogens (tertiary/aromatic N) is 4. The zero-order valence-corrected chi connectivity index (χ0v) is 18.1. The Bertz CT molecular complexity index is 1070. The van der Waals surface area contributed by atoms with Gasteiger partial charge in [-0.1, -0.05) is 22.4 Å². The number of hydrogen-bond acceptors (Lipinski definition) is 8. The lowest BCUT2D eigenvalue weighted by Crippen LogP contribution is -2.41. The summed E-state index contributed by atoms with van der Waals surface area (Å²) in [7, 11) is 0. The van der Waals surface area contributed by atoms with Crippen molar-refractivity contribution in [2.24, 2.45) is 5.92 Å². The minimum atomic E-state index is -0.160. The van der Waals surface area contributed by atoms with Gasteiger partial charge in [-0.25, -0.2) is 0 Å². The molecule has 3 heterocycles. The molecule has 1 aromatic carbocycles. The van der Waals surface area contributed by atoms with Crippen LogP contribution in [0.4, 0.5) is 5.82 Å². The first-order valence-corrected chi connectivity index (χ1v) is 11.0. The summed E-state index contributed by atoms with van der Waals surface area (Å²) in [5, 5.41) is 10.5. The quantitative estimate of drug-likeness (QED) is 0.579. The lowest BCUT2D eigenvalue weighted by molar-refractivity contribution is -0.121. The molecule has 0 atom stereocenters. The smallest absolute Gasteiger partial charge is 0.254 e. The molecule has 1 N–H and O–H groups in total. The highest BCUT2D eigenvalue weighted by Gasteiger charge is 2.29. The van der Waals surface area contributed by atoms with E-state index in [-0.39, 0.29) is 17.7 Å². The molecule has 2 aromatic heterocycles. The van der Waals surface area contributed by atoms with Gasteiger partial charge in [-0.3, -0.25) is 9.59 Å². The fourth-order valence-electron chi connectivity index (χ4n) is 3.48. The third-order valence-electron chi connectivity index (χ3n) is 5.08. The number of benzene rings is 1. The van der Waals surface area contributed by atoms with Crippen LogP contribution in [-0.4, -0.2) is 45.1 Å². The van der Waals surface area contributed by atoms with Gasteiger partial charge in [0.25, 0.3) is 5.91 Å². The maximum Gasteiger partial charge on any atom is 0.254 e.